The molecule has 1 aromatic carbocycles. The molecule has 1 heterocycles. The first-order chi connectivity index (χ1) is 8.69. The minimum Gasteiger partial charge on any atom is -0.376 e. The zero-order valence-corrected chi connectivity index (χ0v) is 12.1. The summed E-state index contributed by atoms with van der Waals surface area (Å²) in [6, 6.07) is 7.56. The molecular formula is C14H18BrNO2. The second-order valence-corrected chi connectivity index (χ2v) is 5.49. The van der Waals surface area contributed by atoms with Crippen molar-refractivity contribution in [3.05, 3.63) is 34.3 Å². The average Bonchev–Trinajstić information content (AvgIpc) is 2.39. The van der Waals surface area contributed by atoms with Crippen molar-refractivity contribution in [3.8, 4) is 0 Å². The highest BCUT2D eigenvalue weighted by Gasteiger charge is 2.21. The maximum absolute atomic E-state index is 12.2. The second-order valence-electron chi connectivity index (χ2n) is 4.57. The van der Waals surface area contributed by atoms with E-state index in [-0.39, 0.29) is 11.9 Å². The number of hydrogen-bond acceptors (Lipinski definition) is 3. The molecule has 1 aromatic rings. The van der Waals surface area contributed by atoms with Crippen LogP contribution in [0.2, 0.25) is 0 Å². The monoisotopic (exact) mass is 311 g/mol. The summed E-state index contributed by atoms with van der Waals surface area (Å²) in [4.78, 5) is 14.3. The molecule has 1 aliphatic rings. The Morgan fingerprint density at radius 3 is 3.11 bits per heavy atom. The first-order valence-electron chi connectivity index (χ1n) is 6.31. The summed E-state index contributed by atoms with van der Waals surface area (Å²) in [5.74, 6) is 0.174. The quantitative estimate of drug-likeness (QED) is 0.801. The van der Waals surface area contributed by atoms with E-state index in [0.29, 0.717) is 6.54 Å². The summed E-state index contributed by atoms with van der Waals surface area (Å²) < 4.78 is 6.55. The van der Waals surface area contributed by atoms with E-state index >= 15 is 0 Å². The number of carbonyl (C=O) groups excluding carboxylic acids is 1. The van der Waals surface area contributed by atoms with Crippen LogP contribution in [0.3, 0.4) is 0 Å². The standard InChI is InChI=1S/C14H18BrNO2/c1-2-13-9-16(6-7-18-13)10-14(17)11-4-3-5-12(15)8-11/h3-5,8,13H,2,6-7,9-10H2,1H3. The lowest BCUT2D eigenvalue weighted by atomic mass is 10.1. The number of morpholine rings is 1. The van der Waals surface area contributed by atoms with Gasteiger partial charge in [-0.2, -0.15) is 0 Å². The highest BCUT2D eigenvalue weighted by Crippen LogP contribution is 2.14. The van der Waals surface area contributed by atoms with Crippen molar-refractivity contribution in [2.24, 2.45) is 0 Å². The van der Waals surface area contributed by atoms with Crippen LogP contribution in [0.25, 0.3) is 0 Å². The van der Waals surface area contributed by atoms with Crippen LogP contribution in [-0.2, 0) is 4.74 Å². The Balaban J connectivity index is 1.95. The van der Waals surface area contributed by atoms with Gasteiger partial charge < -0.3 is 4.74 Å². The third-order valence-corrected chi connectivity index (χ3v) is 3.69. The van der Waals surface area contributed by atoms with Gasteiger partial charge in [0.2, 0.25) is 0 Å². The Morgan fingerprint density at radius 2 is 2.39 bits per heavy atom. The Morgan fingerprint density at radius 1 is 1.56 bits per heavy atom. The molecule has 0 radical (unpaired) electrons. The second kappa shape index (κ2) is 6.45. The molecule has 1 aliphatic heterocycles. The molecule has 1 unspecified atom stereocenters. The van der Waals surface area contributed by atoms with Gasteiger partial charge in [-0.25, -0.2) is 0 Å². The Bertz CT molecular complexity index is 422. The molecule has 0 amide bonds. The zero-order chi connectivity index (χ0) is 13.0. The third kappa shape index (κ3) is 3.64. The van der Waals surface area contributed by atoms with E-state index in [1.807, 2.05) is 24.3 Å². The predicted octanol–water partition coefficient (Wildman–Crippen LogP) is 2.74. The van der Waals surface area contributed by atoms with Crippen molar-refractivity contribution in [1.29, 1.82) is 0 Å². The minimum absolute atomic E-state index is 0.174. The van der Waals surface area contributed by atoms with Gasteiger partial charge in [0.15, 0.2) is 5.78 Å². The van der Waals surface area contributed by atoms with E-state index in [0.717, 1.165) is 36.2 Å². The van der Waals surface area contributed by atoms with Crippen molar-refractivity contribution in [2.45, 2.75) is 19.4 Å². The minimum atomic E-state index is 0.174. The molecule has 0 aromatic heterocycles. The van der Waals surface area contributed by atoms with Crippen LogP contribution in [0.15, 0.2) is 28.7 Å². The fraction of sp³-hybridized carbons (Fsp3) is 0.500. The van der Waals surface area contributed by atoms with Gasteiger partial charge in [0.05, 0.1) is 19.3 Å². The molecule has 0 bridgehead atoms. The van der Waals surface area contributed by atoms with Gasteiger partial charge >= 0.3 is 0 Å². The van der Waals surface area contributed by atoms with E-state index in [9.17, 15) is 4.79 Å². The van der Waals surface area contributed by atoms with Crippen LogP contribution in [0.1, 0.15) is 23.7 Å². The van der Waals surface area contributed by atoms with Crippen LogP contribution in [0.4, 0.5) is 0 Å². The first kappa shape index (κ1) is 13.7. The molecule has 4 heteroatoms. The SMILES string of the molecule is CCC1CN(CC(=O)c2cccc(Br)c2)CCO1. The molecule has 0 saturated carbocycles. The Labute approximate surface area is 116 Å². The number of Topliss-reactive ketones (excluding diaryl/α,β-unsaturated/α-hetero) is 1. The van der Waals surface area contributed by atoms with Gasteiger partial charge in [0.25, 0.3) is 0 Å². The van der Waals surface area contributed by atoms with Gasteiger partial charge in [0, 0.05) is 23.1 Å². The smallest absolute Gasteiger partial charge is 0.176 e. The molecular weight excluding hydrogens is 294 g/mol. The Kier molecular flexibility index (Phi) is 4.92. The normalized spacial score (nSPS) is 20.9. The maximum Gasteiger partial charge on any atom is 0.176 e. The van der Waals surface area contributed by atoms with Gasteiger partial charge in [-0.1, -0.05) is 35.0 Å². The summed E-state index contributed by atoms with van der Waals surface area (Å²) >= 11 is 3.39. The molecule has 3 nitrogen and oxygen atoms in total. The molecule has 1 atom stereocenters. The summed E-state index contributed by atoms with van der Waals surface area (Å²) in [7, 11) is 0. The lowest BCUT2D eigenvalue weighted by Crippen LogP contribution is -2.44. The lowest BCUT2D eigenvalue weighted by molar-refractivity contribution is -0.0271. The van der Waals surface area contributed by atoms with Gasteiger partial charge in [0.1, 0.15) is 0 Å². The van der Waals surface area contributed by atoms with Gasteiger partial charge in [-0.05, 0) is 18.6 Å². The van der Waals surface area contributed by atoms with Crippen LogP contribution in [0.5, 0.6) is 0 Å². The number of nitrogens with zero attached hydrogens (tertiary/aromatic N) is 1. The number of ether oxygens (including phenoxy) is 1. The fourth-order valence-electron chi connectivity index (χ4n) is 2.13. The number of ketones is 1. The van der Waals surface area contributed by atoms with Crippen LogP contribution < -0.4 is 0 Å². The maximum atomic E-state index is 12.2. The highest BCUT2D eigenvalue weighted by atomic mass is 79.9. The molecule has 1 fully saturated rings. The highest BCUT2D eigenvalue weighted by molar-refractivity contribution is 9.10. The molecule has 2 rings (SSSR count). The van der Waals surface area contributed by atoms with Crippen LogP contribution >= 0.6 is 15.9 Å². The number of hydrogen-bond donors (Lipinski definition) is 0. The van der Waals surface area contributed by atoms with Gasteiger partial charge in [-0.15, -0.1) is 0 Å². The number of halogens is 1. The summed E-state index contributed by atoms with van der Waals surface area (Å²) in [6.07, 6.45) is 1.27. The van der Waals surface area contributed by atoms with Crippen LogP contribution in [-0.4, -0.2) is 43.0 Å². The molecule has 0 aliphatic carbocycles. The molecule has 98 valence electrons. The van der Waals surface area contributed by atoms with Crippen molar-refractivity contribution in [3.63, 3.8) is 0 Å². The third-order valence-electron chi connectivity index (χ3n) is 3.19. The fourth-order valence-corrected chi connectivity index (χ4v) is 2.53. The van der Waals surface area contributed by atoms with Gasteiger partial charge in [-0.3, -0.25) is 9.69 Å². The predicted molar refractivity (Wildman–Crippen MR) is 74.9 cm³/mol. The summed E-state index contributed by atoms with van der Waals surface area (Å²) in [5, 5.41) is 0. The topological polar surface area (TPSA) is 29.5 Å². The zero-order valence-electron chi connectivity index (χ0n) is 10.6. The average molecular weight is 312 g/mol. The van der Waals surface area contributed by atoms with Crippen LogP contribution in [0, 0.1) is 0 Å². The molecule has 1 saturated heterocycles. The number of benzene rings is 1. The van der Waals surface area contributed by atoms with E-state index < -0.39 is 0 Å². The Hall–Kier alpha value is -0.710. The number of rotatable bonds is 4. The summed E-state index contributed by atoms with van der Waals surface area (Å²) in [6.45, 7) is 5.03. The lowest BCUT2D eigenvalue weighted by Gasteiger charge is -2.31. The van der Waals surface area contributed by atoms with E-state index in [1.54, 1.807) is 0 Å². The van der Waals surface area contributed by atoms with Crippen molar-refractivity contribution in [1.82, 2.24) is 4.90 Å². The summed E-state index contributed by atoms with van der Waals surface area (Å²) in [5.41, 5.74) is 0.768. The van der Waals surface area contributed by atoms with Crippen molar-refractivity contribution in [2.75, 3.05) is 26.2 Å². The van der Waals surface area contributed by atoms with E-state index in [4.69, 9.17) is 4.74 Å². The van der Waals surface area contributed by atoms with E-state index in [1.165, 1.54) is 0 Å². The molecule has 0 spiro atoms. The first-order valence-corrected chi connectivity index (χ1v) is 7.11. The van der Waals surface area contributed by atoms with Crippen molar-refractivity contribution >= 4 is 21.7 Å². The largest absolute Gasteiger partial charge is 0.376 e. The molecule has 0 N–H and O–H groups in total. The molecule has 18 heavy (non-hydrogen) atoms. The van der Waals surface area contributed by atoms with Crippen molar-refractivity contribution < 1.29 is 9.53 Å². The van der Waals surface area contributed by atoms with E-state index in [2.05, 4.69) is 27.8 Å². The number of carbonyl (C=O) groups is 1.